The highest BCUT2D eigenvalue weighted by Gasteiger charge is 2.39. The van der Waals surface area contributed by atoms with Gasteiger partial charge in [0.1, 0.15) is 0 Å². The number of β-amino-alcohol motifs (C(OH)–C–C–N with tert-alkyl or cyclic N) is 1. The maximum atomic E-state index is 12.8. The molecule has 2 atom stereocenters. The van der Waals surface area contributed by atoms with Gasteiger partial charge in [-0.2, -0.15) is 4.31 Å². The van der Waals surface area contributed by atoms with Gasteiger partial charge in [0.2, 0.25) is 10.0 Å². The number of rotatable bonds is 5. The second-order valence-corrected chi connectivity index (χ2v) is 8.98. The van der Waals surface area contributed by atoms with Gasteiger partial charge >= 0.3 is 0 Å². The molecule has 25 heavy (non-hydrogen) atoms. The Hall–Kier alpha value is -1.48. The van der Waals surface area contributed by atoms with Crippen molar-refractivity contribution in [3.8, 4) is 0 Å². The molecular weight excluding hydrogens is 342 g/mol. The Balaban J connectivity index is 1.71. The second kappa shape index (κ2) is 7.03. The summed E-state index contributed by atoms with van der Waals surface area (Å²) in [6, 6.07) is 6.02. The van der Waals surface area contributed by atoms with Crippen molar-refractivity contribution >= 4 is 15.9 Å². The quantitative estimate of drug-likeness (QED) is 0.779. The van der Waals surface area contributed by atoms with Crippen molar-refractivity contribution in [1.82, 2.24) is 14.5 Å². The first-order valence-corrected chi connectivity index (χ1v) is 9.98. The Morgan fingerprint density at radius 2 is 1.84 bits per heavy atom. The molecule has 1 heterocycles. The van der Waals surface area contributed by atoms with Crippen molar-refractivity contribution in [2.75, 3.05) is 27.2 Å². The number of amides is 1. The number of aliphatic hydroxyl groups is 1. The largest absolute Gasteiger partial charge is 0.390 e. The summed E-state index contributed by atoms with van der Waals surface area (Å²) in [6.07, 6.45) is 2.43. The van der Waals surface area contributed by atoms with Crippen LogP contribution < -0.4 is 5.32 Å². The summed E-state index contributed by atoms with van der Waals surface area (Å²) in [7, 11) is -0.0442. The lowest BCUT2D eigenvalue weighted by Gasteiger charge is -2.26. The Kier molecular flexibility index (Phi) is 5.15. The molecular formula is C17H25N3O4S. The number of carbonyl (C=O) groups excluding carboxylic acids is 1. The predicted octanol–water partition coefficient (Wildman–Crippen LogP) is 0.264. The van der Waals surface area contributed by atoms with Crippen LogP contribution in [0.5, 0.6) is 0 Å². The summed E-state index contributed by atoms with van der Waals surface area (Å²) < 4.78 is 26.8. The average molecular weight is 367 g/mol. The summed E-state index contributed by atoms with van der Waals surface area (Å²) in [5, 5.41) is 13.0. The summed E-state index contributed by atoms with van der Waals surface area (Å²) in [5.41, 5.74) is 0.457. The van der Waals surface area contributed by atoms with Crippen molar-refractivity contribution in [3.63, 3.8) is 0 Å². The minimum atomic E-state index is -3.68. The summed E-state index contributed by atoms with van der Waals surface area (Å²) in [5.74, 6) is -0.169. The summed E-state index contributed by atoms with van der Waals surface area (Å²) in [4.78, 5) is 14.1. The summed E-state index contributed by atoms with van der Waals surface area (Å²) >= 11 is 0. The van der Waals surface area contributed by atoms with Crippen LogP contribution in [0.1, 0.15) is 29.6 Å². The van der Waals surface area contributed by atoms with Crippen LogP contribution in [0, 0.1) is 0 Å². The lowest BCUT2D eigenvalue weighted by Crippen LogP contribution is -2.39. The number of likely N-dealkylation sites (N-methyl/N-ethyl adjacent to an activating group) is 1. The Labute approximate surface area is 148 Å². The Morgan fingerprint density at radius 3 is 2.32 bits per heavy atom. The van der Waals surface area contributed by atoms with E-state index in [0.29, 0.717) is 5.56 Å². The molecule has 2 aliphatic rings. The van der Waals surface area contributed by atoms with Crippen LogP contribution in [-0.2, 0) is 10.0 Å². The SMILES string of the molecule is CN(C)[C@@H]1CN(S(=O)(=O)c2ccc(C(=O)NC3CCC3)cc2)C[C@H]1O. The molecule has 0 radical (unpaired) electrons. The van der Waals surface area contributed by atoms with Crippen LogP contribution in [0.15, 0.2) is 29.2 Å². The van der Waals surface area contributed by atoms with Gasteiger partial charge in [-0.1, -0.05) is 0 Å². The van der Waals surface area contributed by atoms with E-state index < -0.39 is 16.1 Å². The van der Waals surface area contributed by atoms with Crippen molar-refractivity contribution in [1.29, 1.82) is 0 Å². The molecule has 0 aromatic heterocycles. The van der Waals surface area contributed by atoms with Gasteiger partial charge in [-0.25, -0.2) is 8.42 Å². The van der Waals surface area contributed by atoms with Crippen molar-refractivity contribution < 1.29 is 18.3 Å². The van der Waals surface area contributed by atoms with Crippen molar-refractivity contribution in [2.45, 2.75) is 42.3 Å². The van der Waals surface area contributed by atoms with Gasteiger partial charge in [-0.3, -0.25) is 4.79 Å². The highest BCUT2D eigenvalue weighted by atomic mass is 32.2. The van der Waals surface area contributed by atoms with Crippen LogP contribution in [-0.4, -0.2) is 74.0 Å². The molecule has 3 rings (SSSR count). The number of aliphatic hydroxyl groups excluding tert-OH is 1. The topological polar surface area (TPSA) is 90.0 Å². The number of carbonyl (C=O) groups is 1. The van der Waals surface area contributed by atoms with E-state index in [0.717, 1.165) is 19.3 Å². The molecule has 138 valence electrons. The maximum absolute atomic E-state index is 12.8. The van der Waals surface area contributed by atoms with Crippen molar-refractivity contribution in [3.05, 3.63) is 29.8 Å². The third-order valence-electron chi connectivity index (χ3n) is 5.08. The summed E-state index contributed by atoms with van der Waals surface area (Å²) in [6.45, 7) is 0.329. The van der Waals surface area contributed by atoms with Gasteiger partial charge < -0.3 is 15.3 Å². The first-order chi connectivity index (χ1) is 11.8. The van der Waals surface area contributed by atoms with Crippen LogP contribution in [0.2, 0.25) is 0 Å². The number of benzene rings is 1. The van der Waals surface area contributed by atoms with Gasteiger partial charge in [-0.15, -0.1) is 0 Å². The Bertz CT molecular complexity index is 729. The smallest absolute Gasteiger partial charge is 0.251 e. The molecule has 1 saturated heterocycles. The third kappa shape index (κ3) is 3.72. The van der Waals surface area contributed by atoms with Crippen LogP contribution in [0.3, 0.4) is 0 Å². The highest BCUT2D eigenvalue weighted by Crippen LogP contribution is 2.24. The minimum absolute atomic E-state index is 0.0785. The number of hydrogen-bond acceptors (Lipinski definition) is 5. The molecule has 0 unspecified atom stereocenters. The molecule has 1 aromatic rings. The molecule has 1 amide bonds. The van der Waals surface area contributed by atoms with E-state index in [1.165, 1.54) is 28.6 Å². The fourth-order valence-electron chi connectivity index (χ4n) is 3.19. The molecule has 0 spiro atoms. The first kappa shape index (κ1) is 18.3. The van der Waals surface area contributed by atoms with Gasteiger partial charge in [0.05, 0.1) is 17.0 Å². The fourth-order valence-corrected chi connectivity index (χ4v) is 4.66. The molecule has 1 aliphatic heterocycles. The van der Waals surface area contributed by atoms with Crippen LogP contribution >= 0.6 is 0 Å². The van der Waals surface area contributed by atoms with Crippen molar-refractivity contribution in [2.24, 2.45) is 0 Å². The Morgan fingerprint density at radius 1 is 1.20 bits per heavy atom. The molecule has 1 aromatic carbocycles. The molecule has 0 bridgehead atoms. The van der Waals surface area contributed by atoms with E-state index in [9.17, 15) is 18.3 Å². The first-order valence-electron chi connectivity index (χ1n) is 8.54. The molecule has 1 saturated carbocycles. The zero-order valence-electron chi connectivity index (χ0n) is 14.6. The van der Waals surface area contributed by atoms with Gasteiger partial charge in [0, 0.05) is 24.7 Å². The highest BCUT2D eigenvalue weighted by molar-refractivity contribution is 7.89. The van der Waals surface area contributed by atoms with E-state index >= 15 is 0 Å². The van der Waals surface area contributed by atoms with E-state index in [4.69, 9.17) is 0 Å². The molecule has 2 N–H and O–H groups in total. The van der Waals surface area contributed by atoms with Crippen LogP contribution in [0.25, 0.3) is 0 Å². The fraction of sp³-hybridized carbons (Fsp3) is 0.588. The predicted molar refractivity (Wildman–Crippen MR) is 93.8 cm³/mol. The number of nitrogens with one attached hydrogen (secondary N) is 1. The number of sulfonamides is 1. The van der Waals surface area contributed by atoms with E-state index in [2.05, 4.69) is 5.32 Å². The monoisotopic (exact) mass is 367 g/mol. The zero-order valence-corrected chi connectivity index (χ0v) is 15.4. The van der Waals surface area contributed by atoms with E-state index in [-0.39, 0.29) is 36.0 Å². The molecule has 7 nitrogen and oxygen atoms in total. The van der Waals surface area contributed by atoms with Crippen LogP contribution in [0.4, 0.5) is 0 Å². The normalized spacial score (nSPS) is 25.1. The number of nitrogens with zero attached hydrogens (tertiary/aromatic N) is 2. The van der Waals surface area contributed by atoms with E-state index in [1.54, 1.807) is 0 Å². The number of hydrogen-bond donors (Lipinski definition) is 2. The van der Waals surface area contributed by atoms with E-state index in [1.807, 2.05) is 19.0 Å². The van der Waals surface area contributed by atoms with Gasteiger partial charge in [0.15, 0.2) is 0 Å². The van der Waals surface area contributed by atoms with Gasteiger partial charge in [-0.05, 0) is 57.6 Å². The molecule has 8 heteroatoms. The third-order valence-corrected chi connectivity index (χ3v) is 6.93. The standard InChI is InChI=1S/C17H25N3O4S/c1-19(2)15-10-20(11-16(15)21)25(23,24)14-8-6-12(7-9-14)17(22)18-13-4-3-5-13/h6-9,13,15-16,21H,3-5,10-11H2,1-2H3,(H,18,22)/t15-,16-/m1/s1. The second-order valence-electron chi connectivity index (χ2n) is 7.05. The van der Waals surface area contributed by atoms with Gasteiger partial charge in [0.25, 0.3) is 5.91 Å². The molecule has 1 aliphatic carbocycles. The maximum Gasteiger partial charge on any atom is 0.251 e. The lowest BCUT2D eigenvalue weighted by molar-refractivity contribution is 0.0917. The minimum Gasteiger partial charge on any atom is -0.390 e. The zero-order chi connectivity index (χ0) is 18.2. The molecule has 2 fully saturated rings. The average Bonchev–Trinajstić information content (AvgIpc) is 2.94. The lowest BCUT2D eigenvalue weighted by atomic mass is 9.93.